The molecule has 0 aromatic heterocycles. The number of hydrogen-bond acceptors (Lipinski definition) is 2. The van der Waals surface area contributed by atoms with Gasteiger partial charge < -0.3 is 4.90 Å². The summed E-state index contributed by atoms with van der Waals surface area (Å²) in [5, 5.41) is 0.627. The van der Waals surface area contributed by atoms with Crippen molar-refractivity contribution < 1.29 is 4.79 Å². The molecule has 2 fully saturated rings. The van der Waals surface area contributed by atoms with E-state index in [1.807, 2.05) is 28.8 Å². The first-order valence-corrected chi connectivity index (χ1v) is 9.04. The Labute approximate surface area is 127 Å². The second-order valence-corrected chi connectivity index (χ2v) is 7.33. The van der Waals surface area contributed by atoms with E-state index < -0.39 is 0 Å². The van der Waals surface area contributed by atoms with Crippen LogP contribution in [-0.2, 0) is 4.79 Å². The average molecular weight is 293 g/mol. The molecule has 2 aliphatic rings. The fraction of sp³-hybridized carbons (Fsp3) is 0.706. The van der Waals surface area contributed by atoms with Crippen molar-refractivity contribution in [3.63, 3.8) is 0 Å². The maximum Gasteiger partial charge on any atom is 0.246 e. The van der Waals surface area contributed by atoms with Gasteiger partial charge in [0.1, 0.15) is 0 Å². The molecular weight excluding hydrogens is 266 g/mol. The van der Waals surface area contributed by atoms with Gasteiger partial charge in [0.05, 0.1) is 0 Å². The molecule has 1 heterocycles. The largest absolute Gasteiger partial charge is 0.334 e. The van der Waals surface area contributed by atoms with E-state index in [4.69, 9.17) is 0 Å². The summed E-state index contributed by atoms with van der Waals surface area (Å²) in [5.41, 5.74) is 0. The number of allylic oxidation sites excluding steroid dienone is 1. The number of carbonyl (C=O) groups excluding carboxylic acids is 1. The Morgan fingerprint density at radius 2 is 2.00 bits per heavy atom. The Hall–Kier alpha value is -0.700. The van der Waals surface area contributed by atoms with E-state index in [9.17, 15) is 4.79 Å². The third kappa shape index (κ3) is 5.01. The van der Waals surface area contributed by atoms with Crippen LogP contribution in [0.1, 0.15) is 44.9 Å². The fourth-order valence-corrected chi connectivity index (χ4v) is 4.38. The summed E-state index contributed by atoms with van der Waals surface area (Å²) in [7, 11) is 0. The van der Waals surface area contributed by atoms with E-state index in [2.05, 4.69) is 12.7 Å². The summed E-state index contributed by atoms with van der Waals surface area (Å²) in [4.78, 5) is 14.3. The summed E-state index contributed by atoms with van der Waals surface area (Å²) in [6.45, 7) is 5.33. The van der Waals surface area contributed by atoms with Gasteiger partial charge in [0, 0.05) is 18.3 Å². The normalized spacial score (nSPS) is 24.1. The molecule has 0 spiro atoms. The Bertz CT molecular complexity index is 341. The minimum Gasteiger partial charge on any atom is -0.334 e. The summed E-state index contributed by atoms with van der Waals surface area (Å²) >= 11 is 2.01. The van der Waals surface area contributed by atoms with E-state index in [-0.39, 0.29) is 5.91 Å². The molecule has 2 rings (SSSR count). The van der Waals surface area contributed by atoms with Gasteiger partial charge >= 0.3 is 0 Å². The van der Waals surface area contributed by atoms with Gasteiger partial charge in [0.2, 0.25) is 5.91 Å². The number of carbonyl (C=O) groups is 1. The summed E-state index contributed by atoms with van der Waals surface area (Å²) < 4.78 is 0. The van der Waals surface area contributed by atoms with Crippen LogP contribution in [0.2, 0.25) is 0 Å². The highest BCUT2D eigenvalue weighted by atomic mass is 32.2. The maximum absolute atomic E-state index is 12.3. The number of rotatable bonds is 6. The molecule has 3 heteroatoms. The van der Waals surface area contributed by atoms with Crippen LogP contribution in [0.5, 0.6) is 0 Å². The van der Waals surface area contributed by atoms with Crippen LogP contribution in [0.15, 0.2) is 24.8 Å². The van der Waals surface area contributed by atoms with Crippen LogP contribution in [0.25, 0.3) is 0 Å². The van der Waals surface area contributed by atoms with Crippen molar-refractivity contribution >= 4 is 17.7 Å². The van der Waals surface area contributed by atoms with Gasteiger partial charge in [0.25, 0.3) is 0 Å². The summed E-state index contributed by atoms with van der Waals surface area (Å²) in [6.07, 6.45) is 14.9. The second-order valence-electron chi connectivity index (χ2n) is 5.92. The molecule has 2 nitrogen and oxygen atoms in total. The zero-order valence-corrected chi connectivity index (χ0v) is 13.2. The highest BCUT2D eigenvalue weighted by Crippen LogP contribution is 2.27. The topological polar surface area (TPSA) is 20.3 Å². The smallest absolute Gasteiger partial charge is 0.246 e. The van der Waals surface area contributed by atoms with E-state index >= 15 is 0 Å². The van der Waals surface area contributed by atoms with Gasteiger partial charge in [-0.05, 0) is 43.4 Å². The molecule has 112 valence electrons. The standard InChI is InChI=1S/C17H27NOS/c1-2-12-18(14-16-9-6-13-20-16)17(19)11-10-15-7-4-3-5-8-15/h2,10-11,15-16H,1,3-9,12-14H2/b11-10+. The van der Waals surface area contributed by atoms with Gasteiger partial charge in [-0.15, -0.1) is 6.58 Å². The van der Waals surface area contributed by atoms with Crippen molar-refractivity contribution in [2.45, 2.75) is 50.2 Å². The van der Waals surface area contributed by atoms with Gasteiger partial charge in [-0.2, -0.15) is 11.8 Å². The Balaban J connectivity index is 1.84. The molecule has 20 heavy (non-hydrogen) atoms. The highest BCUT2D eigenvalue weighted by Gasteiger charge is 2.20. The van der Waals surface area contributed by atoms with Crippen molar-refractivity contribution in [3.8, 4) is 0 Å². The number of nitrogens with zero attached hydrogens (tertiary/aromatic N) is 1. The van der Waals surface area contributed by atoms with E-state index in [1.54, 1.807) is 0 Å². The number of amides is 1. The zero-order chi connectivity index (χ0) is 14.2. The molecule has 0 N–H and O–H groups in total. The molecule has 1 saturated heterocycles. The van der Waals surface area contributed by atoms with Crippen molar-refractivity contribution in [2.24, 2.45) is 5.92 Å². The van der Waals surface area contributed by atoms with Gasteiger partial charge in [-0.3, -0.25) is 4.79 Å². The minimum atomic E-state index is 0.169. The highest BCUT2D eigenvalue weighted by molar-refractivity contribution is 8.00. The Morgan fingerprint density at radius 3 is 2.65 bits per heavy atom. The third-order valence-corrected chi connectivity index (χ3v) is 5.65. The monoisotopic (exact) mass is 293 g/mol. The molecule has 0 aromatic carbocycles. The van der Waals surface area contributed by atoms with Crippen molar-refractivity contribution in [2.75, 3.05) is 18.8 Å². The van der Waals surface area contributed by atoms with Crippen molar-refractivity contribution in [1.29, 1.82) is 0 Å². The van der Waals surface area contributed by atoms with Crippen LogP contribution < -0.4 is 0 Å². The predicted octanol–water partition coefficient (Wildman–Crippen LogP) is 4.03. The quantitative estimate of drug-likeness (QED) is 0.544. The minimum absolute atomic E-state index is 0.169. The van der Waals surface area contributed by atoms with Crippen LogP contribution in [-0.4, -0.2) is 34.9 Å². The molecule has 1 atom stereocenters. The molecule has 1 aliphatic heterocycles. The fourth-order valence-electron chi connectivity index (χ4n) is 3.09. The molecular formula is C17H27NOS. The summed E-state index contributed by atoms with van der Waals surface area (Å²) in [5.74, 6) is 2.04. The Morgan fingerprint density at radius 1 is 1.20 bits per heavy atom. The Kier molecular flexibility index (Phi) is 6.71. The lowest BCUT2D eigenvalue weighted by molar-refractivity contribution is -0.125. The molecule has 1 aliphatic carbocycles. The van der Waals surface area contributed by atoms with E-state index in [0.717, 1.165) is 6.54 Å². The number of hydrogen-bond donors (Lipinski definition) is 0. The van der Waals surface area contributed by atoms with E-state index in [1.165, 1.54) is 50.7 Å². The lowest BCUT2D eigenvalue weighted by Crippen LogP contribution is -2.35. The molecule has 1 saturated carbocycles. The lowest BCUT2D eigenvalue weighted by atomic mass is 9.89. The second kappa shape index (κ2) is 8.56. The van der Waals surface area contributed by atoms with Gasteiger partial charge in [-0.25, -0.2) is 0 Å². The molecule has 1 unspecified atom stereocenters. The average Bonchev–Trinajstić information content (AvgIpc) is 2.98. The molecule has 0 bridgehead atoms. The van der Waals surface area contributed by atoms with Crippen LogP contribution in [0, 0.1) is 5.92 Å². The van der Waals surface area contributed by atoms with Gasteiger partial charge in [-0.1, -0.05) is 31.4 Å². The predicted molar refractivity (Wildman–Crippen MR) is 88.0 cm³/mol. The first-order valence-electron chi connectivity index (χ1n) is 7.99. The first kappa shape index (κ1) is 15.7. The first-order chi connectivity index (χ1) is 9.79. The number of thioether (sulfide) groups is 1. The van der Waals surface area contributed by atoms with Crippen LogP contribution in [0.3, 0.4) is 0 Å². The maximum atomic E-state index is 12.3. The van der Waals surface area contributed by atoms with Crippen molar-refractivity contribution in [1.82, 2.24) is 4.90 Å². The van der Waals surface area contributed by atoms with Crippen molar-refractivity contribution in [3.05, 3.63) is 24.8 Å². The zero-order valence-electron chi connectivity index (χ0n) is 12.4. The van der Waals surface area contributed by atoms with Crippen LogP contribution >= 0.6 is 11.8 Å². The van der Waals surface area contributed by atoms with Crippen LogP contribution in [0.4, 0.5) is 0 Å². The third-order valence-electron chi connectivity index (χ3n) is 4.27. The lowest BCUT2D eigenvalue weighted by Gasteiger charge is -2.23. The SMILES string of the molecule is C=CCN(CC1CCCS1)C(=O)/C=C/C1CCCCC1. The molecule has 1 amide bonds. The van der Waals surface area contributed by atoms with E-state index in [0.29, 0.717) is 17.7 Å². The molecule has 0 aromatic rings. The summed E-state index contributed by atoms with van der Waals surface area (Å²) in [6, 6.07) is 0. The molecule has 0 radical (unpaired) electrons. The van der Waals surface area contributed by atoms with Gasteiger partial charge in [0.15, 0.2) is 0 Å².